The number of rotatable bonds is 0. The molecule has 0 spiro atoms. The summed E-state index contributed by atoms with van der Waals surface area (Å²) < 4.78 is 0. The van der Waals surface area contributed by atoms with Gasteiger partial charge in [0.2, 0.25) is 0 Å². The van der Waals surface area contributed by atoms with Crippen LogP contribution in [0.15, 0.2) is 12.4 Å². The first-order valence-corrected chi connectivity index (χ1v) is 3.30. The van der Waals surface area contributed by atoms with Gasteiger partial charge in [-0.25, -0.2) is 0 Å². The van der Waals surface area contributed by atoms with Crippen molar-refractivity contribution in [1.82, 2.24) is 10.3 Å². The van der Waals surface area contributed by atoms with Crippen molar-refractivity contribution in [2.24, 2.45) is 0 Å². The van der Waals surface area contributed by atoms with Crippen LogP contribution in [-0.4, -0.2) is 4.98 Å². The van der Waals surface area contributed by atoms with E-state index in [2.05, 4.69) is 10.3 Å². The van der Waals surface area contributed by atoms with Crippen molar-refractivity contribution in [2.75, 3.05) is 5.73 Å². The van der Waals surface area contributed by atoms with Gasteiger partial charge in [0.15, 0.2) is 0 Å². The second-order valence-electron chi connectivity index (χ2n) is 2.47. The van der Waals surface area contributed by atoms with E-state index in [0.29, 0.717) is 0 Å². The topological polar surface area (TPSA) is 50.9 Å². The summed E-state index contributed by atoms with van der Waals surface area (Å²) in [5, 5.41) is 3.21. The fourth-order valence-electron chi connectivity index (χ4n) is 1.24. The summed E-state index contributed by atoms with van der Waals surface area (Å²) in [6, 6.07) is 0. The van der Waals surface area contributed by atoms with Gasteiger partial charge in [-0.15, -0.1) is 0 Å². The molecule has 0 amide bonds. The fourth-order valence-corrected chi connectivity index (χ4v) is 1.24. The van der Waals surface area contributed by atoms with Gasteiger partial charge >= 0.3 is 0 Å². The summed E-state index contributed by atoms with van der Waals surface area (Å²) in [6.45, 7) is 1.80. The van der Waals surface area contributed by atoms with Crippen LogP contribution in [0.3, 0.4) is 0 Å². The van der Waals surface area contributed by atoms with Crippen LogP contribution < -0.4 is 11.1 Å². The van der Waals surface area contributed by atoms with Crippen molar-refractivity contribution in [3.63, 3.8) is 0 Å². The highest BCUT2D eigenvalue weighted by atomic mass is 14.9. The van der Waals surface area contributed by atoms with Crippen molar-refractivity contribution in [3.05, 3.63) is 23.5 Å². The smallest absolute Gasteiger partial charge is 0.0549 e. The lowest BCUT2D eigenvalue weighted by molar-refractivity contribution is 0.765. The number of pyridine rings is 1. The van der Waals surface area contributed by atoms with Gasteiger partial charge in [0.05, 0.1) is 11.9 Å². The van der Waals surface area contributed by atoms with Crippen molar-refractivity contribution in [3.8, 4) is 0 Å². The lowest BCUT2D eigenvalue weighted by Crippen LogP contribution is -2.00. The van der Waals surface area contributed by atoms with E-state index in [1.165, 1.54) is 11.1 Å². The molecule has 0 saturated carbocycles. The van der Waals surface area contributed by atoms with E-state index in [1.807, 2.05) is 6.20 Å². The molecule has 3 N–H and O–H groups in total. The minimum Gasteiger partial charge on any atom is -0.397 e. The molecule has 0 saturated heterocycles. The first kappa shape index (κ1) is 5.68. The molecular weight excluding hydrogens is 126 g/mol. The zero-order chi connectivity index (χ0) is 6.97. The van der Waals surface area contributed by atoms with E-state index in [1.54, 1.807) is 6.20 Å². The second-order valence-corrected chi connectivity index (χ2v) is 2.47. The van der Waals surface area contributed by atoms with E-state index in [4.69, 9.17) is 5.73 Å². The number of hydrogen-bond donors (Lipinski definition) is 2. The Labute approximate surface area is 59.3 Å². The average molecular weight is 135 g/mol. The average Bonchev–Trinajstić information content (AvgIpc) is 2.36. The lowest BCUT2D eigenvalue weighted by atomic mass is 10.2. The van der Waals surface area contributed by atoms with Crippen molar-refractivity contribution in [2.45, 2.75) is 13.1 Å². The highest BCUT2D eigenvalue weighted by molar-refractivity contribution is 5.49. The molecule has 0 unspecified atom stereocenters. The van der Waals surface area contributed by atoms with E-state index < -0.39 is 0 Å². The summed E-state index contributed by atoms with van der Waals surface area (Å²) in [6.07, 6.45) is 3.57. The van der Waals surface area contributed by atoms with E-state index in [0.717, 1.165) is 18.8 Å². The third-order valence-corrected chi connectivity index (χ3v) is 1.80. The molecule has 3 nitrogen and oxygen atoms in total. The predicted molar refractivity (Wildman–Crippen MR) is 39.2 cm³/mol. The van der Waals surface area contributed by atoms with Gasteiger partial charge in [-0.05, 0) is 11.1 Å². The van der Waals surface area contributed by atoms with Crippen LogP contribution in [0.25, 0.3) is 0 Å². The largest absolute Gasteiger partial charge is 0.397 e. The fraction of sp³-hybridized carbons (Fsp3) is 0.286. The maximum absolute atomic E-state index is 5.67. The normalized spacial score (nSPS) is 15.2. The molecule has 52 valence electrons. The number of fused-ring (bicyclic) bond motifs is 1. The third kappa shape index (κ3) is 0.675. The molecule has 0 fully saturated rings. The molecule has 0 radical (unpaired) electrons. The van der Waals surface area contributed by atoms with Crippen LogP contribution >= 0.6 is 0 Å². The van der Waals surface area contributed by atoms with Gasteiger partial charge in [0.1, 0.15) is 0 Å². The van der Waals surface area contributed by atoms with Crippen LogP contribution in [-0.2, 0) is 13.1 Å². The Balaban J connectivity index is 2.59. The molecule has 3 heteroatoms. The predicted octanol–water partition coefficient (Wildman–Crippen LogP) is 0.267. The Kier molecular flexibility index (Phi) is 1.11. The third-order valence-electron chi connectivity index (χ3n) is 1.80. The standard InChI is InChI=1S/C7H9N3/c8-7-4-10-2-5-1-9-3-6(5)7/h2,4,9H,1,3,8H2. The molecular formula is C7H9N3. The molecule has 1 aliphatic heterocycles. The SMILES string of the molecule is Nc1cncc2c1CNC2. The minimum atomic E-state index is 0.808. The number of hydrogen-bond acceptors (Lipinski definition) is 3. The van der Waals surface area contributed by atoms with E-state index in [-0.39, 0.29) is 0 Å². The monoisotopic (exact) mass is 135 g/mol. The van der Waals surface area contributed by atoms with Crippen LogP contribution in [0.1, 0.15) is 11.1 Å². The number of nitrogens with zero attached hydrogens (tertiary/aromatic N) is 1. The second kappa shape index (κ2) is 1.95. The van der Waals surface area contributed by atoms with Gasteiger partial charge < -0.3 is 11.1 Å². The first-order chi connectivity index (χ1) is 4.88. The van der Waals surface area contributed by atoms with E-state index >= 15 is 0 Å². The molecule has 1 aromatic heterocycles. The molecule has 0 atom stereocenters. The summed E-state index contributed by atoms with van der Waals surface area (Å²) in [7, 11) is 0. The number of aromatic nitrogens is 1. The summed E-state index contributed by atoms with van der Waals surface area (Å²) in [4.78, 5) is 3.99. The first-order valence-electron chi connectivity index (χ1n) is 3.30. The van der Waals surface area contributed by atoms with Crippen molar-refractivity contribution in [1.29, 1.82) is 0 Å². The number of nitrogen functional groups attached to an aromatic ring is 1. The summed E-state index contributed by atoms with van der Waals surface area (Å²) in [5.74, 6) is 0. The van der Waals surface area contributed by atoms with Gasteiger partial charge in [-0.2, -0.15) is 0 Å². The zero-order valence-corrected chi connectivity index (χ0v) is 5.59. The van der Waals surface area contributed by atoms with Gasteiger partial charge in [0, 0.05) is 19.3 Å². The Hall–Kier alpha value is -1.09. The van der Waals surface area contributed by atoms with Crippen LogP contribution in [0, 0.1) is 0 Å². The quantitative estimate of drug-likeness (QED) is 0.536. The van der Waals surface area contributed by atoms with Gasteiger partial charge in [0.25, 0.3) is 0 Å². The van der Waals surface area contributed by atoms with Crippen LogP contribution in [0.5, 0.6) is 0 Å². The van der Waals surface area contributed by atoms with Crippen molar-refractivity contribution >= 4 is 5.69 Å². The maximum Gasteiger partial charge on any atom is 0.0549 e. The molecule has 10 heavy (non-hydrogen) atoms. The number of anilines is 1. The highest BCUT2D eigenvalue weighted by Crippen LogP contribution is 2.19. The molecule has 0 bridgehead atoms. The Morgan fingerprint density at radius 2 is 2.30 bits per heavy atom. The highest BCUT2D eigenvalue weighted by Gasteiger charge is 2.11. The Morgan fingerprint density at radius 3 is 3.10 bits per heavy atom. The Bertz CT molecular complexity index is 257. The minimum absolute atomic E-state index is 0.808. The zero-order valence-electron chi connectivity index (χ0n) is 5.59. The number of nitrogens with one attached hydrogen (secondary N) is 1. The number of nitrogens with two attached hydrogens (primary N) is 1. The molecule has 1 aliphatic rings. The molecule has 2 rings (SSSR count). The van der Waals surface area contributed by atoms with Crippen LogP contribution in [0.4, 0.5) is 5.69 Å². The van der Waals surface area contributed by atoms with Crippen molar-refractivity contribution < 1.29 is 0 Å². The summed E-state index contributed by atoms with van der Waals surface area (Å²) in [5.41, 5.74) is 8.93. The van der Waals surface area contributed by atoms with E-state index in [9.17, 15) is 0 Å². The lowest BCUT2D eigenvalue weighted by Gasteiger charge is -1.98. The molecule has 1 aromatic rings. The summed E-state index contributed by atoms with van der Waals surface area (Å²) >= 11 is 0. The van der Waals surface area contributed by atoms with Gasteiger partial charge in [-0.1, -0.05) is 0 Å². The molecule has 0 aliphatic carbocycles. The Morgan fingerprint density at radius 1 is 1.40 bits per heavy atom. The molecule has 0 aromatic carbocycles. The van der Waals surface area contributed by atoms with Crippen LogP contribution in [0.2, 0.25) is 0 Å². The molecule has 2 heterocycles. The van der Waals surface area contributed by atoms with Gasteiger partial charge in [-0.3, -0.25) is 4.98 Å². The maximum atomic E-state index is 5.67.